The first-order chi connectivity index (χ1) is 23.7. The molecule has 3 aliphatic rings. The Morgan fingerprint density at radius 2 is 0.729 bits per heavy atom. The van der Waals surface area contributed by atoms with Gasteiger partial charge in [0.1, 0.15) is 0 Å². The summed E-state index contributed by atoms with van der Waals surface area (Å²) in [6, 6.07) is 48.8. The molecule has 1 heterocycles. The van der Waals surface area contributed by atoms with E-state index in [9.17, 15) is 9.59 Å². The van der Waals surface area contributed by atoms with Gasteiger partial charge in [-0.1, -0.05) is 169 Å². The van der Waals surface area contributed by atoms with E-state index < -0.39 is 0 Å². The van der Waals surface area contributed by atoms with E-state index in [1.165, 1.54) is 68.0 Å². The second-order valence-electron chi connectivity index (χ2n) is 12.2. The molecular formula is C44H28O2S2. The number of rotatable bonds is 6. The third kappa shape index (κ3) is 4.75. The van der Waals surface area contributed by atoms with Crippen LogP contribution in [0.5, 0.6) is 0 Å². The molecule has 6 aromatic rings. The van der Waals surface area contributed by atoms with E-state index in [1.54, 1.807) is 0 Å². The first-order valence-corrected chi connectivity index (χ1v) is 17.7. The first kappa shape index (κ1) is 29.0. The van der Waals surface area contributed by atoms with Crippen LogP contribution in [0.25, 0.3) is 32.1 Å². The highest BCUT2D eigenvalue weighted by atomic mass is 32.2. The van der Waals surface area contributed by atoms with Crippen molar-refractivity contribution < 1.29 is 9.59 Å². The Bertz CT molecular complexity index is 2200. The van der Waals surface area contributed by atoms with Gasteiger partial charge in [0.25, 0.3) is 0 Å². The zero-order valence-corrected chi connectivity index (χ0v) is 27.5. The monoisotopic (exact) mass is 652 g/mol. The van der Waals surface area contributed by atoms with Gasteiger partial charge < -0.3 is 0 Å². The highest BCUT2D eigenvalue weighted by Crippen LogP contribution is 2.57. The number of carbonyl (C=O) groups is 2. The molecule has 0 saturated carbocycles. The maximum absolute atomic E-state index is 14.6. The molecule has 0 saturated heterocycles. The van der Waals surface area contributed by atoms with Crippen molar-refractivity contribution in [3.63, 3.8) is 0 Å². The summed E-state index contributed by atoms with van der Waals surface area (Å²) in [5.74, 6) is -0.0634. The fourth-order valence-electron chi connectivity index (χ4n) is 7.22. The predicted molar refractivity (Wildman–Crippen MR) is 200 cm³/mol. The lowest BCUT2D eigenvalue weighted by atomic mass is 9.99. The van der Waals surface area contributed by atoms with E-state index in [0.717, 1.165) is 33.8 Å². The largest absolute Gasteiger partial charge is 0.288 e. The van der Waals surface area contributed by atoms with Crippen LogP contribution in [0.2, 0.25) is 0 Å². The summed E-state index contributed by atoms with van der Waals surface area (Å²) < 4.78 is 0. The summed E-state index contributed by atoms with van der Waals surface area (Å²) in [4.78, 5) is 32.3. The molecule has 0 fully saturated rings. The Morgan fingerprint density at radius 1 is 0.375 bits per heavy atom. The van der Waals surface area contributed by atoms with Crippen molar-refractivity contribution in [2.24, 2.45) is 0 Å². The third-order valence-electron chi connectivity index (χ3n) is 9.50. The van der Waals surface area contributed by atoms with Crippen molar-refractivity contribution >= 4 is 44.9 Å². The Balaban J connectivity index is 1.27. The molecule has 0 aromatic heterocycles. The summed E-state index contributed by atoms with van der Waals surface area (Å²) >= 11 is 2.93. The number of carbonyl (C=O) groups excluding carboxylic acids is 2. The van der Waals surface area contributed by atoms with Crippen LogP contribution in [0.3, 0.4) is 0 Å². The topological polar surface area (TPSA) is 34.1 Å². The zero-order valence-electron chi connectivity index (χ0n) is 25.9. The van der Waals surface area contributed by atoms with Gasteiger partial charge in [-0.2, -0.15) is 0 Å². The van der Waals surface area contributed by atoms with Gasteiger partial charge in [-0.15, -0.1) is 0 Å². The highest BCUT2D eigenvalue weighted by molar-refractivity contribution is 8.21. The van der Waals surface area contributed by atoms with Crippen LogP contribution in [-0.4, -0.2) is 11.6 Å². The number of thioether (sulfide) groups is 2. The molecule has 2 aliphatic carbocycles. The first-order valence-electron chi connectivity index (χ1n) is 16.1. The van der Waals surface area contributed by atoms with E-state index >= 15 is 0 Å². The van der Waals surface area contributed by atoms with Crippen molar-refractivity contribution in [3.8, 4) is 22.3 Å². The molecule has 0 atom stereocenters. The average Bonchev–Trinajstić information content (AvgIpc) is 3.73. The Hall–Kier alpha value is -5.16. The van der Waals surface area contributed by atoms with Crippen LogP contribution in [-0.2, 0) is 12.8 Å². The molecule has 1 aliphatic heterocycles. The predicted octanol–water partition coefficient (Wildman–Crippen LogP) is 11.1. The molecule has 6 aromatic carbocycles. The molecule has 0 N–H and O–H groups in total. The number of ketones is 2. The molecule has 0 unspecified atom stereocenters. The lowest BCUT2D eigenvalue weighted by Crippen LogP contribution is -2.12. The highest BCUT2D eigenvalue weighted by Gasteiger charge is 2.36. The van der Waals surface area contributed by atoms with Crippen LogP contribution >= 0.6 is 23.5 Å². The molecular weight excluding hydrogens is 625 g/mol. The van der Waals surface area contributed by atoms with E-state index in [4.69, 9.17) is 0 Å². The van der Waals surface area contributed by atoms with E-state index in [0.29, 0.717) is 20.9 Å². The Labute approximate surface area is 288 Å². The number of fused-ring (bicyclic) bond motifs is 6. The van der Waals surface area contributed by atoms with Crippen molar-refractivity contribution in [1.82, 2.24) is 0 Å². The van der Waals surface area contributed by atoms with Gasteiger partial charge in [-0.25, -0.2) is 0 Å². The lowest BCUT2D eigenvalue weighted by molar-refractivity contribution is 0.103. The number of benzene rings is 6. The van der Waals surface area contributed by atoms with Crippen LogP contribution in [0.15, 0.2) is 155 Å². The summed E-state index contributed by atoms with van der Waals surface area (Å²) in [5.41, 5.74) is 13.1. The minimum absolute atomic E-state index is 0.0317. The second-order valence-corrected chi connectivity index (χ2v) is 14.3. The minimum Gasteiger partial charge on any atom is -0.288 e. The third-order valence-corrected chi connectivity index (χ3v) is 12.2. The summed E-state index contributed by atoms with van der Waals surface area (Å²) in [5, 5.41) is 0. The van der Waals surface area contributed by atoms with Crippen LogP contribution in [0.4, 0.5) is 0 Å². The number of allylic oxidation sites excluding steroid dienone is 2. The maximum Gasteiger partial charge on any atom is 0.200 e. The summed E-state index contributed by atoms with van der Waals surface area (Å²) in [6.07, 6.45) is 1.57. The molecule has 228 valence electrons. The van der Waals surface area contributed by atoms with Gasteiger partial charge in [0.15, 0.2) is 0 Å². The number of hydrogen-bond donors (Lipinski definition) is 0. The fraction of sp³-hybridized carbons (Fsp3) is 0.0455. The Kier molecular flexibility index (Phi) is 7.14. The number of Topliss-reactive ketones (excluding diaryl/α,β-unsaturated/α-hetero) is 2. The standard InChI is InChI=1S/C44H28O2S2/c45-39(27-13-3-1-4-14-27)43-41(35-23-11-21-33-31-19-9-7-17-29(31)25-37(33)35)48-44(40(46)28-15-5-2-6-16-28)42(47-43)36-24-12-22-34-32-20-10-8-18-30(32)26-38(34)36/h1-24H,25-26H2. The molecule has 4 heteroatoms. The molecule has 0 bridgehead atoms. The quantitative estimate of drug-likeness (QED) is 0.167. The minimum atomic E-state index is -0.0317. The van der Waals surface area contributed by atoms with Gasteiger partial charge in [-0.05, 0) is 68.5 Å². The second kappa shape index (κ2) is 11.8. The fourth-order valence-corrected chi connectivity index (χ4v) is 9.93. The van der Waals surface area contributed by atoms with E-state index in [1.807, 2.05) is 60.7 Å². The normalized spacial score (nSPS) is 14.3. The van der Waals surface area contributed by atoms with Gasteiger partial charge in [0.2, 0.25) is 11.6 Å². The molecule has 0 amide bonds. The van der Waals surface area contributed by atoms with E-state index in [2.05, 4.69) is 84.9 Å². The smallest absolute Gasteiger partial charge is 0.200 e. The lowest BCUT2D eigenvalue weighted by Gasteiger charge is -2.26. The van der Waals surface area contributed by atoms with Gasteiger partial charge in [0, 0.05) is 20.9 Å². The van der Waals surface area contributed by atoms with Gasteiger partial charge in [-0.3, -0.25) is 9.59 Å². The van der Waals surface area contributed by atoms with Gasteiger partial charge in [0.05, 0.1) is 9.81 Å². The summed E-state index contributed by atoms with van der Waals surface area (Å²) in [6.45, 7) is 0. The number of hydrogen-bond acceptors (Lipinski definition) is 4. The van der Waals surface area contributed by atoms with Crippen molar-refractivity contribution in [3.05, 3.63) is 200 Å². The average molecular weight is 653 g/mol. The SMILES string of the molecule is O=C(C1=C(c2cccc3c2Cc2ccccc2-3)SC(C(=O)c2ccccc2)=C(c2cccc3c2Cc2ccccc2-3)S1)c1ccccc1. The van der Waals surface area contributed by atoms with Crippen LogP contribution in [0, 0.1) is 0 Å². The maximum atomic E-state index is 14.6. The molecule has 0 spiro atoms. The molecule has 0 radical (unpaired) electrons. The van der Waals surface area contributed by atoms with E-state index in [-0.39, 0.29) is 11.6 Å². The van der Waals surface area contributed by atoms with Gasteiger partial charge >= 0.3 is 0 Å². The molecule has 2 nitrogen and oxygen atoms in total. The Morgan fingerprint density at radius 3 is 1.17 bits per heavy atom. The van der Waals surface area contributed by atoms with Crippen molar-refractivity contribution in [2.75, 3.05) is 0 Å². The van der Waals surface area contributed by atoms with Crippen molar-refractivity contribution in [1.29, 1.82) is 0 Å². The zero-order chi connectivity index (χ0) is 32.2. The van der Waals surface area contributed by atoms with Crippen LogP contribution in [0.1, 0.15) is 54.1 Å². The molecule has 48 heavy (non-hydrogen) atoms. The summed E-state index contributed by atoms with van der Waals surface area (Å²) in [7, 11) is 0. The van der Waals surface area contributed by atoms with Crippen molar-refractivity contribution in [2.45, 2.75) is 12.8 Å². The molecule has 9 rings (SSSR count). The van der Waals surface area contributed by atoms with Crippen LogP contribution < -0.4 is 0 Å².